The minimum atomic E-state index is 0.213. The van der Waals surface area contributed by atoms with Crippen molar-refractivity contribution in [2.75, 3.05) is 27.3 Å². The van der Waals surface area contributed by atoms with Crippen LogP contribution in [-0.4, -0.2) is 37.3 Å². The molecule has 0 spiro atoms. The molecular formula is C22H27NO3. The van der Waals surface area contributed by atoms with E-state index >= 15 is 0 Å². The fraction of sp³-hybridized carbons (Fsp3) is 0.455. The molecule has 0 bridgehead atoms. The SMILES string of the molecule is COc1ccc2c(c1)CCN(CC1CC1)[C@@H]2Cc1ccc(OC)c(O)c1. The van der Waals surface area contributed by atoms with E-state index in [-0.39, 0.29) is 5.75 Å². The van der Waals surface area contributed by atoms with Crippen molar-refractivity contribution in [2.45, 2.75) is 31.7 Å². The first-order valence-corrected chi connectivity index (χ1v) is 9.44. The summed E-state index contributed by atoms with van der Waals surface area (Å²) in [5, 5.41) is 10.2. The number of rotatable bonds is 6. The summed E-state index contributed by atoms with van der Waals surface area (Å²) in [7, 11) is 3.30. The Hall–Kier alpha value is -2.20. The summed E-state index contributed by atoms with van der Waals surface area (Å²) >= 11 is 0. The van der Waals surface area contributed by atoms with E-state index < -0.39 is 0 Å². The second kappa shape index (κ2) is 7.20. The molecule has 4 rings (SSSR count). The first-order chi connectivity index (χ1) is 12.7. The zero-order chi connectivity index (χ0) is 18.1. The van der Waals surface area contributed by atoms with Gasteiger partial charge < -0.3 is 14.6 Å². The number of aromatic hydroxyl groups is 1. The Morgan fingerprint density at radius 3 is 2.62 bits per heavy atom. The minimum Gasteiger partial charge on any atom is -0.504 e. The van der Waals surface area contributed by atoms with Gasteiger partial charge in [-0.25, -0.2) is 0 Å². The fourth-order valence-electron chi connectivity index (χ4n) is 4.04. The summed E-state index contributed by atoms with van der Waals surface area (Å²) < 4.78 is 10.6. The van der Waals surface area contributed by atoms with Gasteiger partial charge >= 0.3 is 0 Å². The van der Waals surface area contributed by atoms with Crippen molar-refractivity contribution < 1.29 is 14.6 Å². The third-order valence-corrected chi connectivity index (χ3v) is 5.68. The number of phenols is 1. The van der Waals surface area contributed by atoms with Gasteiger partial charge in [0, 0.05) is 19.1 Å². The van der Waals surface area contributed by atoms with E-state index in [1.807, 2.05) is 12.1 Å². The van der Waals surface area contributed by atoms with Crippen LogP contribution in [0, 0.1) is 5.92 Å². The molecule has 1 heterocycles. The summed E-state index contributed by atoms with van der Waals surface area (Å²) in [6.07, 6.45) is 4.69. The lowest BCUT2D eigenvalue weighted by Gasteiger charge is -2.38. The highest BCUT2D eigenvalue weighted by Gasteiger charge is 2.32. The number of nitrogens with zero attached hydrogens (tertiary/aromatic N) is 1. The van der Waals surface area contributed by atoms with Crippen molar-refractivity contribution in [3.63, 3.8) is 0 Å². The van der Waals surface area contributed by atoms with Crippen molar-refractivity contribution in [1.29, 1.82) is 0 Å². The summed E-state index contributed by atoms with van der Waals surface area (Å²) in [5.41, 5.74) is 3.92. The largest absolute Gasteiger partial charge is 0.504 e. The van der Waals surface area contributed by atoms with E-state index in [1.54, 1.807) is 14.2 Å². The predicted octanol–water partition coefficient (Wildman–Crippen LogP) is 3.96. The van der Waals surface area contributed by atoms with Crippen molar-refractivity contribution in [3.05, 3.63) is 53.1 Å². The molecule has 1 aliphatic heterocycles. The average molecular weight is 353 g/mol. The molecule has 4 heteroatoms. The van der Waals surface area contributed by atoms with Gasteiger partial charge in [0.05, 0.1) is 14.2 Å². The highest BCUT2D eigenvalue weighted by Crippen LogP contribution is 2.39. The maximum Gasteiger partial charge on any atom is 0.160 e. The maximum absolute atomic E-state index is 10.2. The van der Waals surface area contributed by atoms with Crippen molar-refractivity contribution in [1.82, 2.24) is 4.90 Å². The third kappa shape index (κ3) is 3.51. The van der Waals surface area contributed by atoms with Gasteiger partial charge in [0.25, 0.3) is 0 Å². The van der Waals surface area contributed by atoms with E-state index in [0.29, 0.717) is 11.8 Å². The summed E-state index contributed by atoms with van der Waals surface area (Å²) in [4.78, 5) is 2.63. The average Bonchev–Trinajstić information content (AvgIpc) is 3.47. The van der Waals surface area contributed by atoms with Crippen LogP contribution in [0.15, 0.2) is 36.4 Å². The minimum absolute atomic E-state index is 0.213. The van der Waals surface area contributed by atoms with Crippen molar-refractivity contribution >= 4 is 0 Å². The second-order valence-electron chi connectivity index (χ2n) is 7.48. The number of benzene rings is 2. The van der Waals surface area contributed by atoms with Crippen LogP contribution in [0.25, 0.3) is 0 Å². The Balaban J connectivity index is 1.64. The Labute approximate surface area is 155 Å². The van der Waals surface area contributed by atoms with E-state index in [1.165, 1.54) is 30.5 Å². The number of hydrogen-bond acceptors (Lipinski definition) is 4. The van der Waals surface area contributed by atoms with Crippen LogP contribution < -0.4 is 9.47 Å². The van der Waals surface area contributed by atoms with Crippen LogP contribution in [0.1, 0.15) is 35.6 Å². The molecule has 0 aromatic heterocycles. The number of ether oxygens (including phenoxy) is 2. The van der Waals surface area contributed by atoms with Crippen LogP contribution in [0.2, 0.25) is 0 Å². The van der Waals surface area contributed by atoms with Crippen LogP contribution in [0.4, 0.5) is 0 Å². The molecule has 4 nitrogen and oxygen atoms in total. The van der Waals surface area contributed by atoms with Crippen LogP contribution >= 0.6 is 0 Å². The lowest BCUT2D eigenvalue weighted by molar-refractivity contribution is 0.175. The number of fused-ring (bicyclic) bond motifs is 1. The summed E-state index contributed by atoms with van der Waals surface area (Å²) in [6, 6.07) is 12.6. The summed E-state index contributed by atoms with van der Waals surface area (Å²) in [6.45, 7) is 2.27. The molecular weight excluding hydrogens is 326 g/mol. The first-order valence-electron chi connectivity index (χ1n) is 9.44. The Kier molecular flexibility index (Phi) is 4.77. The fourth-order valence-corrected chi connectivity index (χ4v) is 4.04. The Morgan fingerprint density at radius 2 is 1.92 bits per heavy atom. The molecule has 1 N–H and O–H groups in total. The van der Waals surface area contributed by atoms with Gasteiger partial charge in [0.1, 0.15) is 5.75 Å². The van der Waals surface area contributed by atoms with Crippen LogP contribution in [-0.2, 0) is 12.8 Å². The van der Waals surface area contributed by atoms with Gasteiger partial charge in [0.15, 0.2) is 11.5 Å². The predicted molar refractivity (Wildman–Crippen MR) is 102 cm³/mol. The topological polar surface area (TPSA) is 41.9 Å². The molecule has 1 saturated carbocycles. The number of phenolic OH excluding ortho intramolecular Hbond substituents is 1. The molecule has 26 heavy (non-hydrogen) atoms. The van der Waals surface area contributed by atoms with Gasteiger partial charge in [0.2, 0.25) is 0 Å². The Bertz CT molecular complexity index is 785. The zero-order valence-corrected chi connectivity index (χ0v) is 15.6. The van der Waals surface area contributed by atoms with Crippen LogP contribution in [0.3, 0.4) is 0 Å². The van der Waals surface area contributed by atoms with E-state index in [2.05, 4.69) is 29.2 Å². The molecule has 1 fully saturated rings. The normalized spacial score (nSPS) is 19.8. The van der Waals surface area contributed by atoms with Gasteiger partial charge in [-0.05, 0) is 72.6 Å². The van der Waals surface area contributed by atoms with Gasteiger partial charge in [-0.2, -0.15) is 0 Å². The molecule has 0 saturated heterocycles. The standard InChI is InChI=1S/C22H27NO3/c1-25-18-6-7-19-17(13-18)9-10-23(14-15-3-4-15)20(19)11-16-5-8-22(26-2)21(24)12-16/h5-8,12-13,15,20,24H,3-4,9-11,14H2,1-2H3/t20-/m1/s1. The molecule has 1 atom stereocenters. The molecule has 2 aromatic carbocycles. The van der Waals surface area contributed by atoms with Gasteiger partial charge in [-0.3, -0.25) is 4.90 Å². The highest BCUT2D eigenvalue weighted by molar-refractivity contribution is 5.44. The van der Waals surface area contributed by atoms with E-state index in [4.69, 9.17) is 9.47 Å². The molecule has 0 amide bonds. The molecule has 2 aromatic rings. The molecule has 0 radical (unpaired) electrons. The van der Waals surface area contributed by atoms with E-state index in [9.17, 15) is 5.11 Å². The number of methoxy groups -OCH3 is 2. The first kappa shape index (κ1) is 17.2. The lowest BCUT2D eigenvalue weighted by Crippen LogP contribution is -2.38. The quantitative estimate of drug-likeness (QED) is 0.853. The van der Waals surface area contributed by atoms with Gasteiger partial charge in [-0.15, -0.1) is 0 Å². The maximum atomic E-state index is 10.2. The molecule has 2 aliphatic rings. The molecule has 1 aliphatic carbocycles. The second-order valence-corrected chi connectivity index (χ2v) is 7.48. The van der Waals surface area contributed by atoms with Crippen molar-refractivity contribution in [3.8, 4) is 17.2 Å². The number of hydrogen-bond donors (Lipinski definition) is 1. The third-order valence-electron chi connectivity index (χ3n) is 5.68. The lowest BCUT2D eigenvalue weighted by atomic mass is 9.88. The van der Waals surface area contributed by atoms with Crippen molar-refractivity contribution in [2.24, 2.45) is 5.92 Å². The Morgan fingerprint density at radius 1 is 1.08 bits per heavy atom. The van der Waals surface area contributed by atoms with Crippen LogP contribution in [0.5, 0.6) is 17.2 Å². The molecule has 138 valence electrons. The molecule has 0 unspecified atom stereocenters. The smallest absolute Gasteiger partial charge is 0.160 e. The zero-order valence-electron chi connectivity index (χ0n) is 15.6. The van der Waals surface area contributed by atoms with E-state index in [0.717, 1.165) is 36.6 Å². The summed E-state index contributed by atoms with van der Waals surface area (Å²) in [5.74, 6) is 2.53. The van der Waals surface area contributed by atoms with Gasteiger partial charge in [-0.1, -0.05) is 12.1 Å². The highest BCUT2D eigenvalue weighted by atomic mass is 16.5. The monoisotopic (exact) mass is 353 g/mol.